The van der Waals surface area contributed by atoms with E-state index in [-0.39, 0.29) is 16.8 Å². The van der Waals surface area contributed by atoms with E-state index in [1.165, 1.54) is 16.4 Å². The van der Waals surface area contributed by atoms with Crippen LogP contribution in [0, 0.1) is 5.92 Å². The molecular weight excluding hydrogens is 416 g/mol. The van der Waals surface area contributed by atoms with Gasteiger partial charge in [0.25, 0.3) is 5.91 Å². The van der Waals surface area contributed by atoms with E-state index in [4.69, 9.17) is 9.47 Å². The summed E-state index contributed by atoms with van der Waals surface area (Å²) in [6.07, 6.45) is 0.779. The van der Waals surface area contributed by atoms with Gasteiger partial charge in [0, 0.05) is 18.7 Å². The molecule has 8 heteroatoms. The topological polar surface area (TPSA) is 84.9 Å². The normalized spacial score (nSPS) is 16.1. The summed E-state index contributed by atoms with van der Waals surface area (Å²) in [7, 11) is -1.97. The predicted octanol–water partition coefficient (Wildman–Crippen LogP) is 3.23. The number of hydrogen-bond acceptors (Lipinski definition) is 5. The van der Waals surface area contributed by atoms with Crippen LogP contribution >= 0.6 is 0 Å². The molecule has 1 fully saturated rings. The quantitative estimate of drug-likeness (QED) is 0.673. The minimum Gasteiger partial charge on any atom is -0.497 e. The fourth-order valence-corrected chi connectivity index (χ4v) is 4.95. The first kappa shape index (κ1) is 23.2. The Hall–Kier alpha value is -2.42. The molecule has 1 aliphatic rings. The highest BCUT2D eigenvalue weighted by Crippen LogP contribution is 2.24. The highest BCUT2D eigenvalue weighted by molar-refractivity contribution is 7.89. The lowest BCUT2D eigenvalue weighted by atomic mass is 9.96. The summed E-state index contributed by atoms with van der Waals surface area (Å²) in [5.74, 6) is 0.903. The smallest absolute Gasteiger partial charge is 0.251 e. The van der Waals surface area contributed by atoms with E-state index in [2.05, 4.69) is 19.2 Å². The molecule has 31 heavy (non-hydrogen) atoms. The van der Waals surface area contributed by atoms with Crippen LogP contribution in [-0.2, 0) is 14.8 Å². The Labute approximate surface area is 184 Å². The van der Waals surface area contributed by atoms with Crippen molar-refractivity contribution in [1.29, 1.82) is 0 Å². The standard InChI is InChI=1S/C23H30N2O5S/c1-17(2)16-22(18-4-8-20(29-3)9-5-18)24-23(26)19-6-10-21(11-7-19)31(27,28)25-12-14-30-15-13-25/h4-11,17,22H,12-16H2,1-3H3,(H,24,26)/t22-/m1/s1. The summed E-state index contributed by atoms with van der Waals surface area (Å²) in [6, 6.07) is 13.6. The molecule has 1 saturated heterocycles. The lowest BCUT2D eigenvalue weighted by molar-refractivity contribution is 0.0730. The van der Waals surface area contributed by atoms with Gasteiger partial charge in [-0.1, -0.05) is 26.0 Å². The third-order valence-corrected chi connectivity index (χ3v) is 7.17. The van der Waals surface area contributed by atoms with Gasteiger partial charge in [0.1, 0.15) is 5.75 Å². The van der Waals surface area contributed by atoms with Gasteiger partial charge in [-0.15, -0.1) is 0 Å². The van der Waals surface area contributed by atoms with Crippen LogP contribution in [0.2, 0.25) is 0 Å². The van der Waals surface area contributed by atoms with Gasteiger partial charge >= 0.3 is 0 Å². The van der Waals surface area contributed by atoms with Crippen molar-refractivity contribution in [1.82, 2.24) is 9.62 Å². The molecule has 0 spiro atoms. The van der Waals surface area contributed by atoms with E-state index in [0.29, 0.717) is 37.8 Å². The first-order valence-electron chi connectivity index (χ1n) is 10.4. The molecule has 2 aromatic carbocycles. The molecule has 3 rings (SSSR count). The number of benzene rings is 2. The van der Waals surface area contributed by atoms with E-state index in [1.54, 1.807) is 19.2 Å². The second kappa shape index (κ2) is 10.3. The highest BCUT2D eigenvalue weighted by Gasteiger charge is 2.26. The van der Waals surface area contributed by atoms with E-state index >= 15 is 0 Å². The Balaban J connectivity index is 1.74. The fourth-order valence-electron chi connectivity index (χ4n) is 3.54. The van der Waals surface area contributed by atoms with Gasteiger partial charge in [0.2, 0.25) is 10.0 Å². The van der Waals surface area contributed by atoms with Crippen LogP contribution in [-0.4, -0.2) is 52.0 Å². The molecule has 0 aliphatic carbocycles. The molecule has 168 valence electrons. The lowest BCUT2D eigenvalue weighted by Crippen LogP contribution is -2.40. The van der Waals surface area contributed by atoms with Crippen molar-refractivity contribution in [3.8, 4) is 5.75 Å². The van der Waals surface area contributed by atoms with Crippen molar-refractivity contribution in [2.45, 2.75) is 31.2 Å². The number of ether oxygens (including phenoxy) is 2. The molecule has 0 radical (unpaired) electrons. The van der Waals surface area contributed by atoms with Crippen LogP contribution in [0.1, 0.15) is 42.2 Å². The number of hydrogen-bond donors (Lipinski definition) is 1. The Morgan fingerprint density at radius 1 is 1.06 bits per heavy atom. The molecule has 1 N–H and O–H groups in total. The Morgan fingerprint density at radius 3 is 2.23 bits per heavy atom. The number of morpholine rings is 1. The van der Waals surface area contributed by atoms with Gasteiger partial charge in [0.05, 0.1) is 31.3 Å². The SMILES string of the molecule is COc1ccc([C@@H](CC(C)C)NC(=O)c2ccc(S(=O)(=O)N3CCOCC3)cc2)cc1. The van der Waals surface area contributed by atoms with Gasteiger partial charge in [0.15, 0.2) is 0 Å². The molecule has 0 bridgehead atoms. The summed E-state index contributed by atoms with van der Waals surface area (Å²) in [5.41, 5.74) is 1.41. The second-order valence-electron chi connectivity index (χ2n) is 7.97. The molecule has 0 saturated carbocycles. The first-order chi connectivity index (χ1) is 14.8. The minimum absolute atomic E-state index is 0.157. The molecule has 1 heterocycles. The summed E-state index contributed by atoms with van der Waals surface area (Å²) < 4.78 is 37.4. The average molecular weight is 447 g/mol. The number of carbonyl (C=O) groups is 1. The largest absolute Gasteiger partial charge is 0.497 e. The van der Waals surface area contributed by atoms with Crippen molar-refractivity contribution in [3.05, 3.63) is 59.7 Å². The van der Waals surface area contributed by atoms with E-state index in [0.717, 1.165) is 17.7 Å². The maximum atomic E-state index is 12.9. The number of carbonyl (C=O) groups excluding carboxylic acids is 1. The van der Waals surface area contributed by atoms with E-state index in [9.17, 15) is 13.2 Å². The van der Waals surface area contributed by atoms with Crippen LogP contribution in [0.5, 0.6) is 5.75 Å². The maximum absolute atomic E-state index is 12.9. The third-order valence-electron chi connectivity index (χ3n) is 5.25. The van der Waals surface area contributed by atoms with Crippen LogP contribution in [0.15, 0.2) is 53.4 Å². The van der Waals surface area contributed by atoms with Crippen LogP contribution in [0.25, 0.3) is 0 Å². The molecule has 0 unspecified atom stereocenters. The summed E-state index contributed by atoms with van der Waals surface area (Å²) in [4.78, 5) is 13.1. The highest BCUT2D eigenvalue weighted by atomic mass is 32.2. The van der Waals surface area contributed by atoms with Crippen LogP contribution in [0.4, 0.5) is 0 Å². The fraction of sp³-hybridized carbons (Fsp3) is 0.435. The summed E-state index contributed by atoms with van der Waals surface area (Å²) in [5, 5.41) is 3.08. The number of methoxy groups -OCH3 is 1. The molecular formula is C23H30N2O5S. The molecule has 2 aromatic rings. The van der Waals surface area contributed by atoms with Crippen LogP contribution in [0.3, 0.4) is 0 Å². The van der Waals surface area contributed by atoms with Crippen molar-refractivity contribution in [3.63, 3.8) is 0 Å². The number of nitrogens with one attached hydrogen (secondary N) is 1. The number of nitrogens with zero attached hydrogens (tertiary/aromatic N) is 1. The zero-order chi connectivity index (χ0) is 22.4. The van der Waals surface area contributed by atoms with Gasteiger partial charge in [-0.3, -0.25) is 4.79 Å². The van der Waals surface area contributed by atoms with E-state index in [1.807, 2.05) is 24.3 Å². The van der Waals surface area contributed by atoms with Gasteiger partial charge in [-0.05, 0) is 54.3 Å². The van der Waals surface area contributed by atoms with Gasteiger partial charge in [-0.25, -0.2) is 8.42 Å². The molecule has 7 nitrogen and oxygen atoms in total. The molecule has 0 aromatic heterocycles. The second-order valence-corrected chi connectivity index (χ2v) is 9.91. The minimum atomic E-state index is -3.58. The number of rotatable bonds is 8. The zero-order valence-electron chi connectivity index (χ0n) is 18.2. The zero-order valence-corrected chi connectivity index (χ0v) is 19.0. The lowest BCUT2D eigenvalue weighted by Gasteiger charge is -2.26. The van der Waals surface area contributed by atoms with Gasteiger partial charge in [-0.2, -0.15) is 4.31 Å². The molecule has 1 amide bonds. The van der Waals surface area contributed by atoms with Crippen molar-refractivity contribution < 1.29 is 22.7 Å². The Kier molecular flexibility index (Phi) is 7.69. The van der Waals surface area contributed by atoms with Crippen molar-refractivity contribution in [2.75, 3.05) is 33.4 Å². The van der Waals surface area contributed by atoms with E-state index < -0.39 is 10.0 Å². The maximum Gasteiger partial charge on any atom is 0.251 e. The number of sulfonamides is 1. The van der Waals surface area contributed by atoms with Crippen molar-refractivity contribution >= 4 is 15.9 Å². The Bertz CT molecular complexity index is 966. The third kappa shape index (κ3) is 5.84. The summed E-state index contributed by atoms with van der Waals surface area (Å²) in [6.45, 7) is 5.67. The van der Waals surface area contributed by atoms with Crippen LogP contribution < -0.4 is 10.1 Å². The molecule has 1 aliphatic heterocycles. The van der Waals surface area contributed by atoms with Crippen molar-refractivity contribution in [2.24, 2.45) is 5.92 Å². The predicted molar refractivity (Wildman–Crippen MR) is 119 cm³/mol. The number of amides is 1. The first-order valence-corrected chi connectivity index (χ1v) is 11.9. The summed E-state index contributed by atoms with van der Waals surface area (Å²) >= 11 is 0. The molecule has 1 atom stereocenters. The van der Waals surface area contributed by atoms with Gasteiger partial charge < -0.3 is 14.8 Å². The monoisotopic (exact) mass is 446 g/mol. The Morgan fingerprint density at radius 2 is 1.68 bits per heavy atom. The average Bonchev–Trinajstić information content (AvgIpc) is 2.79.